The average molecular weight is 502 g/mol. The van der Waals surface area contributed by atoms with Crippen LogP contribution in [0.25, 0.3) is 0 Å². The van der Waals surface area contributed by atoms with Crippen LogP contribution in [-0.2, 0) is 25.2 Å². The molecule has 2 aliphatic rings. The molecule has 4 rings (SSSR count). The summed E-state index contributed by atoms with van der Waals surface area (Å²) in [6.07, 6.45) is 0. The molecule has 1 N–H and O–H groups in total. The van der Waals surface area contributed by atoms with Gasteiger partial charge in [-0.3, -0.25) is 24.6 Å². The summed E-state index contributed by atoms with van der Waals surface area (Å²) < 4.78 is 27.0. The van der Waals surface area contributed by atoms with E-state index in [2.05, 4.69) is 5.32 Å². The molecule has 2 saturated heterocycles. The minimum atomic E-state index is -3.99. The third kappa shape index (κ3) is 4.47. The second-order valence-corrected chi connectivity index (χ2v) is 10.3. The lowest BCUT2D eigenvalue weighted by atomic mass is 9.92. The molecule has 4 amide bonds. The first-order chi connectivity index (χ1) is 16.5. The average Bonchev–Trinajstić information content (AvgIpc) is 3.08. The predicted molar refractivity (Wildman–Crippen MR) is 122 cm³/mol. The Balaban J connectivity index is 1.40. The maximum absolute atomic E-state index is 13.0. The Morgan fingerprint density at radius 1 is 1.06 bits per heavy atom. The van der Waals surface area contributed by atoms with E-state index in [1.54, 1.807) is 37.3 Å². The number of hydrogen-bond donors (Lipinski definition) is 1. The number of sulfonamides is 1. The second-order valence-electron chi connectivity index (χ2n) is 8.35. The van der Waals surface area contributed by atoms with Gasteiger partial charge in [0.25, 0.3) is 11.6 Å². The summed E-state index contributed by atoms with van der Waals surface area (Å²) in [7, 11) is -3.99. The van der Waals surface area contributed by atoms with Crippen molar-refractivity contribution in [3.05, 3.63) is 70.3 Å². The molecule has 12 nitrogen and oxygen atoms in total. The van der Waals surface area contributed by atoms with E-state index in [9.17, 15) is 32.9 Å². The van der Waals surface area contributed by atoms with E-state index in [4.69, 9.17) is 0 Å². The van der Waals surface area contributed by atoms with Crippen LogP contribution in [0.5, 0.6) is 0 Å². The van der Waals surface area contributed by atoms with Gasteiger partial charge < -0.3 is 10.2 Å². The molecular weight excluding hydrogens is 478 g/mol. The number of rotatable bonds is 6. The molecule has 35 heavy (non-hydrogen) atoms. The molecule has 2 aliphatic heterocycles. The summed E-state index contributed by atoms with van der Waals surface area (Å²) >= 11 is 0. The molecule has 184 valence electrons. The number of nitro benzene ring substituents is 1. The van der Waals surface area contributed by atoms with Crippen LogP contribution in [-0.4, -0.2) is 78.0 Å². The highest BCUT2D eigenvalue weighted by Crippen LogP contribution is 2.29. The van der Waals surface area contributed by atoms with Crippen molar-refractivity contribution in [2.45, 2.75) is 17.4 Å². The van der Waals surface area contributed by atoms with Crippen LogP contribution in [0.1, 0.15) is 12.5 Å². The van der Waals surface area contributed by atoms with E-state index in [1.807, 2.05) is 0 Å². The van der Waals surface area contributed by atoms with Crippen LogP contribution in [0.2, 0.25) is 0 Å². The molecule has 13 heteroatoms. The highest BCUT2D eigenvalue weighted by molar-refractivity contribution is 7.89. The maximum atomic E-state index is 13.0. The molecule has 0 aromatic heterocycles. The highest BCUT2D eigenvalue weighted by atomic mass is 32.2. The largest absolute Gasteiger partial charge is 0.338 e. The molecule has 0 unspecified atom stereocenters. The van der Waals surface area contributed by atoms with Crippen molar-refractivity contribution in [1.29, 1.82) is 0 Å². The monoisotopic (exact) mass is 501 g/mol. The van der Waals surface area contributed by atoms with Crippen molar-refractivity contribution in [3.63, 3.8) is 0 Å². The zero-order valence-corrected chi connectivity index (χ0v) is 19.6. The van der Waals surface area contributed by atoms with E-state index in [0.29, 0.717) is 5.56 Å². The van der Waals surface area contributed by atoms with Crippen molar-refractivity contribution in [2.75, 3.05) is 32.7 Å². The van der Waals surface area contributed by atoms with Gasteiger partial charge in [0.2, 0.25) is 15.9 Å². The number of nitrogens with one attached hydrogen (secondary N) is 1. The van der Waals surface area contributed by atoms with Gasteiger partial charge in [-0.25, -0.2) is 13.2 Å². The molecular formula is C22H23N5O7S. The predicted octanol–water partition coefficient (Wildman–Crippen LogP) is 0.895. The lowest BCUT2D eigenvalue weighted by Crippen LogP contribution is -2.53. The van der Waals surface area contributed by atoms with Gasteiger partial charge in [0.05, 0.1) is 9.82 Å². The smallest absolute Gasteiger partial charge is 0.325 e. The van der Waals surface area contributed by atoms with Gasteiger partial charge in [-0.15, -0.1) is 0 Å². The molecule has 2 fully saturated rings. The zero-order chi connectivity index (χ0) is 25.4. The van der Waals surface area contributed by atoms with Gasteiger partial charge in [0.15, 0.2) is 0 Å². The quantitative estimate of drug-likeness (QED) is 0.351. The van der Waals surface area contributed by atoms with Gasteiger partial charge >= 0.3 is 6.03 Å². The van der Waals surface area contributed by atoms with Crippen molar-refractivity contribution in [3.8, 4) is 0 Å². The summed E-state index contributed by atoms with van der Waals surface area (Å²) in [6, 6.07) is 12.8. The van der Waals surface area contributed by atoms with Crippen LogP contribution < -0.4 is 5.32 Å². The Labute approximate surface area is 201 Å². The fraction of sp³-hybridized carbons (Fsp3) is 0.318. The zero-order valence-electron chi connectivity index (χ0n) is 18.8. The van der Waals surface area contributed by atoms with E-state index >= 15 is 0 Å². The van der Waals surface area contributed by atoms with Crippen molar-refractivity contribution >= 4 is 33.6 Å². The molecule has 0 spiro atoms. The fourth-order valence-electron chi connectivity index (χ4n) is 4.13. The lowest BCUT2D eigenvalue weighted by molar-refractivity contribution is -0.385. The van der Waals surface area contributed by atoms with E-state index in [0.717, 1.165) is 15.3 Å². The Morgan fingerprint density at radius 2 is 1.71 bits per heavy atom. The molecule has 0 aliphatic carbocycles. The molecule has 0 radical (unpaired) electrons. The van der Waals surface area contributed by atoms with Crippen LogP contribution >= 0.6 is 0 Å². The Kier molecular flexibility index (Phi) is 6.30. The Bertz CT molecular complexity index is 1290. The lowest BCUT2D eigenvalue weighted by Gasteiger charge is -2.34. The first-order valence-corrected chi connectivity index (χ1v) is 12.2. The van der Waals surface area contributed by atoms with Crippen molar-refractivity contribution in [2.24, 2.45) is 0 Å². The summed E-state index contributed by atoms with van der Waals surface area (Å²) in [5.74, 6) is -1.04. The summed E-state index contributed by atoms with van der Waals surface area (Å²) in [5, 5.41) is 13.6. The Morgan fingerprint density at radius 3 is 2.34 bits per heavy atom. The molecule has 2 aromatic carbocycles. The number of carbonyl (C=O) groups excluding carboxylic acids is 3. The Hall–Kier alpha value is -3.84. The van der Waals surface area contributed by atoms with Crippen LogP contribution in [0.3, 0.4) is 0 Å². The summed E-state index contributed by atoms with van der Waals surface area (Å²) in [6.45, 7) is 1.14. The molecule has 0 bridgehead atoms. The number of hydrogen-bond acceptors (Lipinski definition) is 7. The summed E-state index contributed by atoms with van der Waals surface area (Å²) in [5.41, 5.74) is -1.03. The molecule has 0 saturated carbocycles. The normalized spacial score (nSPS) is 21.2. The standard InChI is InChI=1S/C22H23N5O7S/c1-22(16-6-3-2-4-7-16)20(29)26(21(30)23-22)15-19(28)24-10-12-25(13-11-24)35(33,34)18-9-5-8-17(14-18)27(31)32/h2-9,14H,10-13,15H2,1H3,(H,23,30)/t22-/m0/s1. The van der Waals surface area contributed by atoms with E-state index in [-0.39, 0.29) is 36.8 Å². The number of benzene rings is 2. The SMILES string of the molecule is C[C@@]1(c2ccccc2)NC(=O)N(CC(=O)N2CCN(S(=O)(=O)c3cccc([N+](=O)[O-])c3)CC2)C1=O. The van der Waals surface area contributed by atoms with Gasteiger partial charge in [-0.05, 0) is 18.6 Å². The van der Waals surface area contributed by atoms with E-state index < -0.39 is 44.9 Å². The van der Waals surface area contributed by atoms with Gasteiger partial charge in [0.1, 0.15) is 12.1 Å². The first-order valence-electron chi connectivity index (χ1n) is 10.8. The molecule has 2 heterocycles. The number of urea groups is 1. The van der Waals surface area contributed by atoms with Gasteiger partial charge in [-0.2, -0.15) is 4.31 Å². The third-order valence-electron chi connectivity index (χ3n) is 6.18. The first kappa shape index (κ1) is 24.3. The number of nitro groups is 1. The second kappa shape index (κ2) is 9.07. The summed E-state index contributed by atoms with van der Waals surface area (Å²) in [4.78, 5) is 50.7. The minimum absolute atomic E-state index is 0.0291. The number of imide groups is 1. The van der Waals surface area contributed by atoms with Crippen molar-refractivity contribution in [1.82, 2.24) is 19.4 Å². The molecule has 1 atom stereocenters. The number of non-ortho nitro benzene ring substituents is 1. The maximum Gasteiger partial charge on any atom is 0.325 e. The fourth-order valence-corrected chi connectivity index (χ4v) is 5.59. The number of carbonyl (C=O) groups is 3. The highest BCUT2D eigenvalue weighted by Gasteiger charge is 2.49. The van der Waals surface area contributed by atoms with E-state index in [1.165, 1.54) is 23.1 Å². The molecule has 2 aromatic rings. The number of piperazine rings is 1. The van der Waals surface area contributed by atoms with Gasteiger partial charge in [0, 0.05) is 38.3 Å². The number of amides is 4. The van der Waals surface area contributed by atoms with Crippen molar-refractivity contribution < 1.29 is 27.7 Å². The van der Waals surface area contributed by atoms with Crippen LogP contribution in [0.4, 0.5) is 10.5 Å². The number of nitrogens with zero attached hydrogens (tertiary/aromatic N) is 4. The third-order valence-corrected chi connectivity index (χ3v) is 8.07. The van der Waals surface area contributed by atoms with Crippen LogP contribution in [0, 0.1) is 10.1 Å². The topological polar surface area (TPSA) is 150 Å². The van der Waals surface area contributed by atoms with Gasteiger partial charge in [-0.1, -0.05) is 36.4 Å². The minimum Gasteiger partial charge on any atom is -0.338 e. The van der Waals surface area contributed by atoms with Crippen LogP contribution in [0.15, 0.2) is 59.5 Å².